The number of benzene rings is 2. The lowest BCUT2D eigenvalue weighted by atomic mass is 9.88. The van der Waals surface area contributed by atoms with Crippen LogP contribution in [-0.4, -0.2) is 29.7 Å². The third-order valence-electron chi connectivity index (χ3n) is 4.66. The number of halogens is 1. The van der Waals surface area contributed by atoms with Gasteiger partial charge in [-0.05, 0) is 55.7 Å². The minimum absolute atomic E-state index is 0.0285. The molecule has 24 heavy (non-hydrogen) atoms. The number of hydrogen-bond acceptors (Lipinski definition) is 2. The van der Waals surface area contributed by atoms with E-state index in [0.29, 0.717) is 31.5 Å². The van der Waals surface area contributed by atoms with Gasteiger partial charge in [0.1, 0.15) is 5.82 Å². The molecule has 0 radical (unpaired) electrons. The zero-order valence-corrected chi connectivity index (χ0v) is 13.7. The van der Waals surface area contributed by atoms with Crippen LogP contribution in [0.1, 0.15) is 39.1 Å². The normalized spacial score (nSPS) is 15.3. The lowest BCUT2D eigenvalue weighted by Gasteiger charge is -2.31. The molecule has 0 bridgehead atoms. The molecule has 124 valence electrons. The van der Waals surface area contributed by atoms with E-state index in [9.17, 15) is 14.0 Å². The van der Waals surface area contributed by atoms with Crippen LogP contribution in [0.15, 0.2) is 48.5 Å². The van der Waals surface area contributed by atoms with Crippen LogP contribution in [0.25, 0.3) is 0 Å². The standard InChI is InChI=1S/C20H20FNO2/c1-14-4-2-3-5-18(14)20(24)22-12-10-16(11-13-22)19(23)15-6-8-17(21)9-7-15/h2-9,16H,10-13H2,1H3. The van der Waals surface area contributed by atoms with Crippen molar-refractivity contribution in [3.63, 3.8) is 0 Å². The summed E-state index contributed by atoms with van der Waals surface area (Å²) < 4.78 is 13.0. The second-order valence-electron chi connectivity index (χ2n) is 6.25. The molecule has 1 amide bonds. The predicted octanol–water partition coefficient (Wildman–Crippen LogP) is 3.87. The number of piperidine rings is 1. The average molecular weight is 325 g/mol. The van der Waals surface area contributed by atoms with Crippen LogP contribution in [-0.2, 0) is 0 Å². The summed E-state index contributed by atoms with van der Waals surface area (Å²) in [6.45, 7) is 3.08. The molecule has 1 aliphatic heterocycles. The summed E-state index contributed by atoms with van der Waals surface area (Å²) in [6.07, 6.45) is 1.29. The Hall–Kier alpha value is -2.49. The molecule has 4 heteroatoms. The lowest BCUT2D eigenvalue weighted by molar-refractivity contribution is 0.0649. The highest BCUT2D eigenvalue weighted by Gasteiger charge is 2.28. The first-order chi connectivity index (χ1) is 11.6. The van der Waals surface area contributed by atoms with Crippen LogP contribution >= 0.6 is 0 Å². The highest BCUT2D eigenvalue weighted by Crippen LogP contribution is 2.23. The topological polar surface area (TPSA) is 37.4 Å². The van der Waals surface area contributed by atoms with E-state index in [2.05, 4.69) is 0 Å². The van der Waals surface area contributed by atoms with Gasteiger partial charge in [-0.2, -0.15) is 0 Å². The first-order valence-electron chi connectivity index (χ1n) is 8.21. The number of ketones is 1. The zero-order valence-electron chi connectivity index (χ0n) is 13.7. The molecule has 3 rings (SSSR count). The fourth-order valence-electron chi connectivity index (χ4n) is 3.18. The number of likely N-dealkylation sites (tertiary alicyclic amines) is 1. The molecule has 0 saturated carbocycles. The summed E-state index contributed by atoms with van der Waals surface area (Å²) >= 11 is 0. The third-order valence-corrected chi connectivity index (χ3v) is 4.66. The van der Waals surface area contributed by atoms with Gasteiger partial charge >= 0.3 is 0 Å². The van der Waals surface area contributed by atoms with Crippen molar-refractivity contribution < 1.29 is 14.0 Å². The minimum Gasteiger partial charge on any atom is -0.339 e. The number of amides is 1. The van der Waals surface area contributed by atoms with Crippen molar-refractivity contribution in [1.82, 2.24) is 4.90 Å². The van der Waals surface area contributed by atoms with Crippen LogP contribution in [0.4, 0.5) is 4.39 Å². The minimum atomic E-state index is -0.342. The molecule has 1 heterocycles. The molecule has 3 nitrogen and oxygen atoms in total. The molecule has 0 N–H and O–H groups in total. The molecule has 1 saturated heterocycles. The van der Waals surface area contributed by atoms with E-state index in [4.69, 9.17) is 0 Å². The van der Waals surface area contributed by atoms with Gasteiger partial charge < -0.3 is 4.90 Å². The Morgan fingerprint density at radius 3 is 2.25 bits per heavy atom. The number of carbonyl (C=O) groups excluding carboxylic acids is 2. The van der Waals surface area contributed by atoms with Crippen LogP contribution in [0.3, 0.4) is 0 Å². The van der Waals surface area contributed by atoms with Crippen LogP contribution < -0.4 is 0 Å². The number of aryl methyl sites for hydroxylation is 1. The van der Waals surface area contributed by atoms with E-state index < -0.39 is 0 Å². The Morgan fingerprint density at radius 1 is 1.00 bits per heavy atom. The Morgan fingerprint density at radius 2 is 1.62 bits per heavy atom. The van der Waals surface area contributed by atoms with Gasteiger partial charge in [0, 0.05) is 30.1 Å². The Bertz CT molecular complexity index is 746. The third kappa shape index (κ3) is 3.37. The van der Waals surface area contributed by atoms with E-state index in [1.54, 1.807) is 0 Å². The molecular weight excluding hydrogens is 305 g/mol. The van der Waals surface area contributed by atoms with E-state index >= 15 is 0 Å². The number of rotatable bonds is 3. The summed E-state index contributed by atoms with van der Waals surface area (Å²) in [4.78, 5) is 26.9. The van der Waals surface area contributed by atoms with Gasteiger partial charge in [-0.3, -0.25) is 9.59 Å². The van der Waals surface area contributed by atoms with Crippen molar-refractivity contribution in [1.29, 1.82) is 0 Å². The maximum absolute atomic E-state index is 13.0. The molecule has 1 fully saturated rings. The van der Waals surface area contributed by atoms with Crippen molar-refractivity contribution in [2.45, 2.75) is 19.8 Å². The Balaban J connectivity index is 1.63. The van der Waals surface area contributed by atoms with E-state index in [-0.39, 0.29) is 23.4 Å². The summed E-state index contributed by atoms with van der Waals surface area (Å²) in [5.74, 6) is -0.375. The lowest BCUT2D eigenvalue weighted by Crippen LogP contribution is -2.40. The van der Waals surface area contributed by atoms with Gasteiger partial charge in [0.2, 0.25) is 0 Å². The van der Waals surface area contributed by atoms with Crippen molar-refractivity contribution >= 4 is 11.7 Å². The largest absolute Gasteiger partial charge is 0.339 e. The average Bonchev–Trinajstić information content (AvgIpc) is 2.62. The summed E-state index contributed by atoms with van der Waals surface area (Å²) in [7, 11) is 0. The van der Waals surface area contributed by atoms with Gasteiger partial charge in [0.15, 0.2) is 5.78 Å². The SMILES string of the molecule is Cc1ccccc1C(=O)N1CCC(C(=O)c2ccc(F)cc2)CC1. The molecule has 0 spiro atoms. The van der Waals surface area contributed by atoms with Crippen molar-refractivity contribution in [2.24, 2.45) is 5.92 Å². The maximum atomic E-state index is 13.0. The Labute approximate surface area is 141 Å². The van der Waals surface area contributed by atoms with Gasteiger partial charge in [-0.25, -0.2) is 4.39 Å². The highest BCUT2D eigenvalue weighted by molar-refractivity contribution is 5.98. The highest BCUT2D eigenvalue weighted by atomic mass is 19.1. The zero-order chi connectivity index (χ0) is 17.1. The molecule has 0 aliphatic carbocycles. The van der Waals surface area contributed by atoms with E-state index in [1.165, 1.54) is 24.3 Å². The fourth-order valence-corrected chi connectivity index (χ4v) is 3.18. The first kappa shape index (κ1) is 16.4. The van der Waals surface area contributed by atoms with Gasteiger partial charge in [-0.1, -0.05) is 18.2 Å². The molecule has 2 aromatic carbocycles. The summed E-state index contributed by atoms with van der Waals surface area (Å²) in [5, 5.41) is 0. The summed E-state index contributed by atoms with van der Waals surface area (Å²) in [6, 6.07) is 13.2. The van der Waals surface area contributed by atoms with Crippen LogP contribution in [0.5, 0.6) is 0 Å². The molecule has 2 aromatic rings. The monoisotopic (exact) mass is 325 g/mol. The second-order valence-corrected chi connectivity index (χ2v) is 6.25. The van der Waals surface area contributed by atoms with Crippen molar-refractivity contribution in [3.8, 4) is 0 Å². The van der Waals surface area contributed by atoms with Gasteiger partial charge in [0.25, 0.3) is 5.91 Å². The first-order valence-corrected chi connectivity index (χ1v) is 8.21. The molecule has 0 atom stereocenters. The van der Waals surface area contributed by atoms with Gasteiger partial charge in [-0.15, -0.1) is 0 Å². The molecule has 0 aromatic heterocycles. The Kier molecular flexibility index (Phi) is 4.74. The van der Waals surface area contributed by atoms with E-state index in [0.717, 1.165) is 11.1 Å². The van der Waals surface area contributed by atoms with E-state index in [1.807, 2.05) is 36.1 Å². The smallest absolute Gasteiger partial charge is 0.254 e. The predicted molar refractivity (Wildman–Crippen MR) is 90.5 cm³/mol. The maximum Gasteiger partial charge on any atom is 0.254 e. The quantitative estimate of drug-likeness (QED) is 0.803. The van der Waals surface area contributed by atoms with Crippen molar-refractivity contribution in [2.75, 3.05) is 13.1 Å². The summed E-state index contributed by atoms with van der Waals surface area (Å²) in [5.41, 5.74) is 2.23. The number of nitrogens with zero attached hydrogens (tertiary/aromatic N) is 1. The molecular formula is C20H20FNO2. The number of Topliss-reactive ketones (excluding diaryl/α,β-unsaturated/α-hetero) is 1. The number of hydrogen-bond donors (Lipinski definition) is 0. The van der Waals surface area contributed by atoms with Crippen LogP contribution in [0, 0.1) is 18.7 Å². The fraction of sp³-hybridized carbons (Fsp3) is 0.300. The van der Waals surface area contributed by atoms with Crippen LogP contribution in [0.2, 0.25) is 0 Å². The van der Waals surface area contributed by atoms with Crippen molar-refractivity contribution in [3.05, 3.63) is 71.0 Å². The molecule has 0 unspecified atom stereocenters. The molecule has 1 aliphatic rings. The number of carbonyl (C=O) groups is 2. The van der Waals surface area contributed by atoms with Gasteiger partial charge in [0.05, 0.1) is 0 Å². The second kappa shape index (κ2) is 6.95.